The fourth-order valence-electron chi connectivity index (χ4n) is 3.02. The Bertz CT molecular complexity index is 1340. The molecule has 128 valence electrons. The summed E-state index contributed by atoms with van der Waals surface area (Å²) in [7, 11) is 1.89. The fraction of sp³-hybridized carbons (Fsp3) is 0.118. The lowest BCUT2D eigenvalue weighted by atomic mass is 10.1. The molecule has 0 spiro atoms. The fourth-order valence-corrected chi connectivity index (χ4v) is 3.02. The molecule has 4 aromatic heterocycles. The summed E-state index contributed by atoms with van der Waals surface area (Å²) in [5.74, 6) is 0.827. The van der Waals surface area contributed by atoms with Crippen molar-refractivity contribution in [3.63, 3.8) is 0 Å². The highest BCUT2D eigenvalue weighted by Crippen LogP contribution is 2.25. The van der Waals surface area contributed by atoms with Crippen molar-refractivity contribution < 1.29 is 4.52 Å². The summed E-state index contributed by atoms with van der Waals surface area (Å²) in [5.41, 5.74) is 3.19. The smallest absolute Gasteiger partial charge is 0.273 e. The van der Waals surface area contributed by atoms with Crippen LogP contribution in [-0.2, 0) is 7.05 Å². The van der Waals surface area contributed by atoms with Gasteiger partial charge in [-0.2, -0.15) is 10.1 Å². The number of H-pyrrole nitrogens is 1. The molecule has 26 heavy (non-hydrogen) atoms. The number of hydrogen-bond acceptors (Lipinski definition) is 6. The van der Waals surface area contributed by atoms with Crippen LogP contribution in [0.5, 0.6) is 0 Å². The van der Waals surface area contributed by atoms with Crippen LogP contribution in [0.4, 0.5) is 0 Å². The molecule has 1 aromatic carbocycles. The van der Waals surface area contributed by atoms with Gasteiger partial charge in [0.25, 0.3) is 11.4 Å². The van der Waals surface area contributed by atoms with Crippen LogP contribution in [-0.4, -0.2) is 34.5 Å². The minimum atomic E-state index is -0.223. The molecular weight excluding hydrogens is 334 g/mol. The molecule has 0 radical (unpaired) electrons. The standard InChI is InChI=1S/C17H13N7O2/c1-9-20-17(26-22-9)12-8-19-24-15(25)6-13(21-16(12)24)10-3-4-14-11(5-10)7-18-23(14)2/h3-8,19H,1-2H3. The molecular formula is C17H13N7O2. The van der Waals surface area contributed by atoms with E-state index >= 15 is 0 Å². The number of aromatic nitrogens is 7. The van der Waals surface area contributed by atoms with Crippen molar-refractivity contribution in [1.29, 1.82) is 0 Å². The Morgan fingerprint density at radius 2 is 2.08 bits per heavy atom. The van der Waals surface area contributed by atoms with Gasteiger partial charge in [-0.15, -0.1) is 0 Å². The van der Waals surface area contributed by atoms with Gasteiger partial charge < -0.3 is 4.52 Å². The average molecular weight is 347 g/mol. The van der Waals surface area contributed by atoms with E-state index in [1.54, 1.807) is 24.0 Å². The maximum Gasteiger partial charge on any atom is 0.273 e. The van der Waals surface area contributed by atoms with Gasteiger partial charge in [0.2, 0.25) is 0 Å². The number of rotatable bonds is 2. The summed E-state index contributed by atoms with van der Waals surface area (Å²) in [6.45, 7) is 1.73. The van der Waals surface area contributed by atoms with Crippen LogP contribution in [0.1, 0.15) is 5.82 Å². The van der Waals surface area contributed by atoms with E-state index in [1.807, 2.05) is 25.2 Å². The predicted molar refractivity (Wildman–Crippen MR) is 93.5 cm³/mol. The van der Waals surface area contributed by atoms with Crippen LogP contribution in [0.25, 0.3) is 39.3 Å². The molecule has 5 rings (SSSR count). The Kier molecular flexibility index (Phi) is 2.87. The highest BCUT2D eigenvalue weighted by molar-refractivity contribution is 5.84. The zero-order valence-corrected chi connectivity index (χ0v) is 14.0. The third kappa shape index (κ3) is 2.07. The van der Waals surface area contributed by atoms with E-state index in [1.165, 1.54) is 10.6 Å². The first-order chi connectivity index (χ1) is 12.6. The zero-order chi connectivity index (χ0) is 17.8. The lowest BCUT2D eigenvalue weighted by Crippen LogP contribution is -2.14. The minimum absolute atomic E-state index is 0.223. The maximum absolute atomic E-state index is 12.5. The first-order valence-electron chi connectivity index (χ1n) is 7.94. The zero-order valence-electron chi connectivity index (χ0n) is 14.0. The molecule has 0 atom stereocenters. The number of hydrogen-bond donors (Lipinski definition) is 1. The van der Waals surface area contributed by atoms with Crippen LogP contribution in [0.2, 0.25) is 0 Å². The molecule has 0 bridgehead atoms. The van der Waals surface area contributed by atoms with E-state index in [0.29, 0.717) is 28.6 Å². The second kappa shape index (κ2) is 5.12. The van der Waals surface area contributed by atoms with Gasteiger partial charge in [-0.3, -0.25) is 14.6 Å². The van der Waals surface area contributed by atoms with E-state index in [-0.39, 0.29) is 5.56 Å². The van der Waals surface area contributed by atoms with Gasteiger partial charge in [0.15, 0.2) is 11.5 Å². The summed E-state index contributed by atoms with van der Waals surface area (Å²) >= 11 is 0. The third-order valence-corrected chi connectivity index (χ3v) is 4.30. The van der Waals surface area contributed by atoms with Gasteiger partial charge in [-0.1, -0.05) is 11.2 Å². The molecule has 1 N–H and O–H groups in total. The monoisotopic (exact) mass is 347 g/mol. The van der Waals surface area contributed by atoms with E-state index in [2.05, 4.69) is 25.3 Å². The lowest BCUT2D eigenvalue weighted by molar-refractivity contribution is 0.426. The normalized spacial score (nSPS) is 11.6. The molecule has 0 fully saturated rings. The van der Waals surface area contributed by atoms with E-state index in [9.17, 15) is 4.79 Å². The van der Waals surface area contributed by atoms with E-state index in [4.69, 9.17) is 4.52 Å². The van der Waals surface area contributed by atoms with Crippen LogP contribution >= 0.6 is 0 Å². The Morgan fingerprint density at radius 3 is 2.88 bits per heavy atom. The Hall–Kier alpha value is -3.75. The molecule has 0 saturated heterocycles. The first-order valence-corrected chi connectivity index (χ1v) is 7.94. The number of benzene rings is 1. The summed E-state index contributed by atoms with van der Waals surface area (Å²) in [4.78, 5) is 21.4. The topological polar surface area (TPSA) is 107 Å². The SMILES string of the molecule is Cc1noc(-c2c[nH]n3c(=O)cc(-c4ccc5c(cnn5C)c4)nc23)n1. The van der Waals surface area contributed by atoms with Crippen LogP contribution < -0.4 is 5.56 Å². The number of fused-ring (bicyclic) bond motifs is 2. The minimum Gasteiger partial charge on any atom is -0.334 e. The van der Waals surface area contributed by atoms with Crippen molar-refractivity contribution in [3.8, 4) is 22.7 Å². The molecule has 0 aliphatic carbocycles. The van der Waals surface area contributed by atoms with Crippen molar-refractivity contribution in [2.75, 3.05) is 0 Å². The van der Waals surface area contributed by atoms with Gasteiger partial charge in [-0.05, 0) is 19.1 Å². The third-order valence-electron chi connectivity index (χ3n) is 4.30. The van der Waals surface area contributed by atoms with E-state index < -0.39 is 0 Å². The molecule has 4 heterocycles. The van der Waals surface area contributed by atoms with Crippen molar-refractivity contribution in [1.82, 2.24) is 34.5 Å². The number of nitrogens with zero attached hydrogens (tertiary/aromatic N) is 6. The molecule has 5 aromatic rings. The van der Waals surface area contributed by atoms with Crippen LogP contribution in [0.3, 0.4) is 0 Å². The first kappa shape index (κ1) is 14.6. The van der Waals surface area contributed by atoms with Crippen molar-refractivity contribution in [2.45, 2.75) is 6.92 Å². The number of aryl methyl sites for hydroxylation is 2. The van der Waals surface area contributed by atoms with Crippen LogP contribution in [0.15, 0.2) is 46.0 Å². The van der Waals surface area contributed by atoms with Crippen molar-refractivity contribution >= 4 is 16.6 Å². The molecule has 9 nitrogen and oxygen atoms in total. The second-order valence-electron chi connectivity index (χ2n) is 6.01. The Labute approximate surface area is 145 Å². The van der Waals surface area contributed by atoms with Gasteiger partial charge in [0, 0.05) is 30.3 Å². The predicted octanol–water partition coefficient (Wildman–Crippen LogP) is 1.93. The average Bonchev–Trinajstić information content (AvgIpc) is 3.33. The Balaban J connectivity index is 1.73. The van der Waals surface area contributed by atoms with Crippen molar-refractivity contribution in [3.05, 3.63) is 52.8 Å². The van der Waals surface area contributed by atoms with Gasteiger partial charge in [0.05, 0.1) is 17.4 Å². The molecule has 0 amide bonds. The second-order valence-corrected chi connectivity index (χ2v) is 6.01. The van der Waals surface area contributed by atoms with Gasteiger partial charge >= 0.3 is 0 Å². The quantitative estimate of drug-likeness (QED) is 0.523. The number of aromatic amines is 1. The molecule has 0 unspecified atom stereocenters. The largest absolute Gasteiger partial charge is 0.334 e. The summed E-state index contributed by atoms with van der Waals surface area (Å²) in [6, 6.07) is 7.33. The molecule has 0 saturated carbocycles. The summed E-state index contributed by atoms with van der Waals surface area (Å²) in [5, 5.41) is 11.9. The van der Waals surface area contributed by atoms with Gasteiger partial charge in [0.1, 0.15) is 5.56 Å². The van der Waals surface area contributed by atoms with Crippen LogP contribution in [0, 0.1) is 6.92 Å². The highest BCUT2D eigenvalue weighted by Gasteiger charge is 2.16. The number of nitrogens with one attached hydrogen (secondary N) is 1. The Morgan fingerprint density at radius 1 is 1.19 bits per heavy atom. The summed E-state index contributed by atoms with van der Waals surface area (Å²) in [6.07, 6.45) is 3.41. The molecule has 0 aliphatic rings. The molecule has 9 heteroatoms. The van der Waals surface area contributed by atoms with Gasteiger partial charge in [-0.25, -0.2) is 9.50 Å². The lowest BCUT2D eigenvalue weighted by Gasteiger charge is -2.03. The summed E-state index contributed by atoms with van der Waals surface area (Å²) < 4.78 is 8.36. The van der Waals surface area contributed by atoms with E-state index in [0.717, 1.165) is 16.5 Å². The van der Waals surface area contributed by atoms with Crippen molar-refractivity contribution in [2.24, 2.45) is 7.05 Å². The molecule has 0 aliphatic heterocycles. The highest BCUT2D eigenvalue weighted by atomic mass is 16.5. The maximum atomic E-state index is 12.5.